The van der Waals surface area contributed by atoms with E-state index in [0.29, 0.717) is 29.2 Å². The summed E-state index contributed by atoms with van der Waals surface area (Å²) in [5.74, 6) is -1.52. The number of hydrogen-bond acceptors (Lipinski definition) is 4. The molecule has 0 unspecified atom stereocenters. The summed E-state index contributed by atoms with van der Waals surface area (Å²) in [4.78, 5) is 16.4. The highest BCUT2D eigenvalue weighted by atomic mass is 19.2. The Morgan fingerprint density at radius 3 is 2.63 bits per heavy atom. The first-order chi connectivity index (χ1) is 13.1. The van der Waals surface area contributed by atoms with Gasteiger partial charge in [-0.15, -0.1) is 0 Å². The highest BCUT2D eigenvalue weighted by Crippen LogP contribution is 2.20. The number of carbonyl (C=O) groups is 1. The predicted molar refractivity (Wildman–Crippen MR) is 98.0 cm³/mol. The van der Waals surface area contributed by atoms with Gasteiger partial charge < -0.3 is 15.4 Å². The fourth-order valence-corrected chi connectivity index (χ4v) is 2.50. The van der Waals surface area contributed by atoms with Crippen LogP contribution >= 0.6 is 0 Å². The third-order valence-electron chi connectivity index (χ3n) is 3.84. The van der Waals surface area contributed by atoms with Gasteiger partial charge in [-0.2, -0.15) is 0 Å². The number of para-hydroxylation sites is 1. The van der Waals surface area contributed by atoms with Crippen LogP contribution in [-0.2, 0) is 6.54 Å². The average molecular weight is 369 g/mol. The van der Waals surface area contributed by atoms with Gasteiger partial charge in [-0.1, -0.05) is 18.2 Å². The van der Waals surface area contributed by atoms with E-state index in [1.165, 1.54) is 18.5 Å². The molecule has 7 heteroatoms. The fourth-order valence-electron chi connectivity index (χ4n) is 2.50. The maximum atomic E-state index is 13.3. The molecule has 27 heavy (non-hydrogen) atoms. The highest BCUT2D eigenvalue weighted by Gasteiger charge is 2.09. The second kappa shape index (κ2) is 8.27. The zero-order valence-corrected chi connectivity index (χ0v) is 14.5. The largest absolute Gasteiger partial charge is 0.496 e. The minimum atomic E-state index is -0.960. The fraction of sp³-hybridized carbons (Fsp3) is 0.100. The number of amides is 1. The van der Waals surface area contributed by atoms with Gasteiger partial charge in [0, 0.05) is 30.1 Å². The maximum absolute atomic E-state index is 13.3. The van der Waals surface area contributed by atoms with Gasteiger partial charge in [-0.3, -0.25) is 9.78 Å². The van der Waals surface area contributed by atoms with Crippen LogP contribution in [0.2, 0.25) is 0 Å². The van der Waals surface area contributed by atoms with Crippen molar-refractivity contribution in [1.82, 2.24) is 10.3 Å². The van der Waals surface area contributed by atoms with Gasteiger partial charge in [-0.25, -0.2) is 8.78 Å². The normalized spacial score (nSPS) is 10.3. The number of halogens is 2. The molecule has 0 aliphatic carbocycles. The van der Waals surface area contributed by atoms with Crippen molar-refractivity contribution < 1.29 is 18.3 Å². The van der Waals surface area contributed by atoms with Crippen LogP contribution in [0.25, 0.3) is 0 Å². The molecule has 0 saturated heterocycles. The van der Waals surface area contributed by atoms with E-state index in [1.807, 2.05) is 24.3 Å². The molecule has 1 amide bonds. The summed E-state index contributed by atoms with van der Waals surface area (Å²) in [6, 6.07) is 12.4. The van der Waals surface area contributed by atoms with Gasteiger partial charge in [-0.05, 0) is 24.3 Å². The van der Waals surface area contributed by atoms with Crippen LogP contribution in [0.4, 0.5) is 20.2 Å². The second-order valence-corrected chi connectivity index (χ2v) is 5.71. The Labute approximate surface area is 155 Å². The van der Waals surface area contributed by atoms with Crippen LogP contribution in [0.15, 0.2) is 60.9 Å². The molecule has 2 aromatic carbocycles. The Bertz CT molecular complexity index is 963. The van der Waals surface area contributed by atoms with Crippen molar-refractivity contribution in [2.24, 2.45) is 0 Å². The summed E-state index contributed by atoms with van der Waals surface area (Å²) in [6.07, 6.45) is 2.91. The lowest BCUT2D eigenvalue weighted by Crippen LogP contribution is -2.23. The van der Waals surface area contributed by atoms with Gasteiger partial charge in [0.1, 0.15) is 5.75 Å². The zero-order chi connectivity index (χ0) is 19.2. The van der Waals surface area contributed by atoms with Gasteiger partial charge in [0.2, 0.25) is 0 Å². The van der Waals surface area contributed by atoms with Crippen molar-refractivity contribution >= 4 is 17.3 Å². The number of benzene rings is 2. The third kappa shape index (κ3) is 4.58. The molecule has 1 aromatic heterocycles. The van der Waals surface area contributed by atoms with Gasteiger partial charge in [0.25, 0.3) is 5.91 Å². The molecule has 0 saturated carbocycles. The number of anilines is 2. The number of pyridine rings is 1. The van der Waals surface area contributed by atoms with E-state index in [2.05, 4.69) is 15.6 Å². The minimum absolute atomic E-state index is 0.295. The van der Waals surface area contributed by atoms with E-state index < -0.39 is 11.6 Å². The van der Waals surface area contributed by atoms with Gasteiger partial charge >= 0.3 is 0 Å². The number of aromatic nitrogens is 1. The molecule has 2 N–H and O–H groups in total. The lowest BCUT2D eigenvalue weighted by molar-refractivity contribution is 0.0950. The number of rotatable bonds is 6. The molecule has 0 radical (unpaired) electrons. The van der Waals surface area contributed by atoms with E-state index in [9.17, 15) is 13.6 Å². The van der Waals surface area contributed by atoms with Crippen molar-refractivity contribution in [2.45, 2.75) is 6.54 Å². The first-order valence-electron chi connectivity index (χ1n) is 8.14. The second-order valence-electron chi connectivity index (χ2n) is 5.71. The molecular weight excluding hydrogens is 352 g/mol. The summed E-state index contributed by atoms with van der Waals surface area (Å²) < 4.78 is 31.6. The summed E-state index contributed by atoms with van der Waals surface area (Å²) in [7, 11) is 1.57. The monoisotopic (exact) mass is 369 g/mol. The Kier molecular flexibility index (Phi) is 5.61. The zero-order valence-electron chi connectivity index (χ0n) is 14.5. The lowest BCUT2D eigenvalue weighted by Gasteiger charge is -2.11. The third-order valence-corrected chi connectivity index (χ3v) is 3.84. The van der Waals surface area contributed by atoms with Crippen molar-refractivity contribution in [3.05, 3.63) is 83.7 Å². The molecule has 138 valence electrons. The summed E-state index contributed by atoms with van der Waals surface area (Å²) in [5, 5.41) is 5.69. The maximum Gasteiger partial charge on any atom is 0.253 e. The van der Waals surface area contributed by atoms with Crippen LogP contribution in [0, 0.1) is 11.6 Å². The van der Waals surface area contributed by atoms with E-state index in [-0.39, 0.29) is 5.91 Å². The molecule has 0 fully saturated rings. The summed E-state index contributed by atoms with van der Waals surface area (Å²) in [5.41, 5.74) is 2.00. The van der Waals surface area contributed by atoms with Crippen LogP contribution in [0.5, 0.6) is 5.75 Å². The molecule has 0 atom stereocenters. The van der Waals surface area contributed by atoms with E-state index in [0.717, 1.165) is 17.7 Å². The predicted octanol–water partition coefficient (Wildman–Crippen LogP) is 4.04. The highest BCUT2D eigenvalue weighted by molar-refractivity contribution is 5.94. The van der Waals surface area contributed by atoms with Gasteiger partial charge in [0.05, 0.1) is 24.6 Å². The van der Waals surface area contributed by atoms with Crippen LogP contribution < -0.4 is 15.4 Å². The number of carbonyl (C=O) groups excluding carboxylic acids is 1. The van der Waals surface area contributed by atoms with E-state index >= 15 is 0 Å². The number of nitrogens with one attached hydrogen (secondary N) is 2. The molecule has 1 heterocycles. The number of hydrogen-bond donors (Lipinski definition) is 2. The number of ether oxygens (including phenoxy) is 1. The topological polar surface area (TPSA) is 63.2 Å². The molecular formula is C20H17F2N3O2. The molecule has 0 aliphatic rings. The Balaban J connectivity index is 1.69. The van der Waals surface area contributed by atoms with Crippen LogP contribution in [0.1, 0.15) is 15.9 Å². The number of nitrogens with zero attached hydrogens (tertiary/aromatic N) is 1. The standard InChI is InChI=1S/C20H17F2N3O2/c1-27-19-5-3-2-4-13(19)11-24-20(26)14-8-16(12-23-10-14)25-15-6-7-17(21)18(22)9-15/h2-10,12,25H,11H2,1H3,(H,24,26). The molecule has 3 rings (SSSR count). The Morgan fingerprint density at radius 2 is 1.85 bits per heavy atom. The van der Waals surface area contributed by atoms with Gasteiger partial charge in [0.15, 0.2) is 11.6 Å². The van der Waals surface area contributed by atoms with Crippen molar-refractivity contribution in [3.63, 3.8) is 0 Å². The van der Waals surface area contributed by atoms with Crippen molar-refractivity contribution in [2.75, 3.05) is 12.4 Å². The first-order valence-corrected chi connectivity index (χ1v) is 8.14. The van der Waals surface area contributed by atoms with Crippen molar-refractivity contribution in [1.29, 1.82) is 0 Å². The first kappa shape index (κ1) is 18.3. The Morgan fingerprint density at radius 1 is 1.04 bits per heavy atom. The molecule has 0 aliphatic heterocycles. The van der Waals surface area contributed by atoms with Crippen molar-refractivity contribution in [3.8, 4) is 5.75 Å². The summed E-state index contributed by atoms with van der Waals surface area (Å²) >= 11 is 0. The quantitative estimate of drug-likeness (QED) is 0.688. The number of methoxy groups -OCH3 is 1. The Hall–Kier alpha value is -3.48. The molecule has 3 aromatic rings. The van der Waals surface area contributed by atoms with E-state index in [4.69, 9.17) is 4.74 Å². The smallest absolute Gasteiger partial charge is 0.253 e. The molecule has 5 nitrogen and oxygen atoms in total. The van der Waals surface area contributed by atoms with E-state index in [1.54, 1.807) is 13.2 Å². The lowest BCUT2D eigenvalue weighted by atomic mass is 10.2. The average Bonchev–Trinajstić information content (AvgIpc) is 2.69. The minimum Gasteiger partial charge on any atom is -0.496 e. The van der Waals surface area contributed by atoms with Crippen LogP contribution in [0.3, 0.4) is 0 Å². The summed E-state index contributed by atoms with van der Waals surface area (Å²) in [6.45, 7) is 0.295. The van der Waals surface area contributed by atoms with Crippen LogP contribution in [-0.4, -0.2) is 18.0 Å². The SMILES string of the molecule is COc1ccccc1CNC(=O)c1cncc(Nc2ccc(F)c(F)c2)c1. The molecule has 0 bridgehead atoms. The molecule has 0 spiro atoms.